The Balaban J connectivity index is 2.95. The third-order valence-corrected chi connectivity index (χ3v) is 2.30. The molecule has 0 aliphatic rings. The molecule has 86 valence electrons. The van der Waals surface area contributed by atoms with Gasteiger partial charge in [-0.05, 0) is 18.6 Å². The lowest BCUT2D eigenvalue weighted by Crippen LogP contribution is -2.16. The first-order chi connectivity index (χ1) is 7.74. The van der Waals surface area contributed by atoms with Crippen molar-refractivity contribution >= 4 is 5.69 Å². The molecule has 0 aromatic heterocycles. The van der Waals surface area contributed by atoms with Crippen LogP contribution < -0.4 is 14.8 Å². The fraction of sp³-hybridized carbons (Fsp3) is 0.417. The summed E-state index contributed by atoms with van der Waals surface area (Å²) in [7, 11) is 3.20. The van der Waals surface area contributed by atoms with Crippen molar-refractivity contribution in [3.63, 3.8) is 0 Å². The molecule has 0 bridgehead atoms. The van der Waals surface area contributed by atoms with Crippen LogP contribution >= 0.6 is 0 Å². The lowest BCUT2D eigenvalue weighted by Gasteiger charge is -2.15. The van der Waals surface area contributed by atoms with Gasteiger partial charge in [0, 0.05) is 6.07 Å². The summed E-state index contributed by atoms with van der Waals surface area (Å²) < 4.78 is 10.3. The van der Waals surface area contributed by atoms with Crippen molar-refractivity contribution in [3.05, 3.63) is 18.2 Å². The number of ether oxygens (including phenoxy) is 2. The van der Waals surface area contributed by atoms with Crippen LogP contribution in [-0.2, 0) is 0 Å². The van der Waals surface area contributed by atoms with Crippen molar-refractivity contribution in [1.82, 2.24) is 0 Å². The summed E-state index contributed by atoms with van der Waals surface area (Å²) in [6, 6.07) is 7.41. The van der Waals surface area contributed by atoms with Gasteiger partial charge in [0.25, 0.3) is 0 Å². The van der Waals surface area contributed by atoms with Crippen LogP contribution in [0.2, 0.25) is 0 Å². The number of benzene rings is 1. The van der Waals surface area contributed by atoms with E-state index >= 15 is 0 Å². The van der Waals surface area contributed by atoms with E-state index in [4.69, 9.17) is 14.7 Å². The van der Waals surface area contributed by atoms with Crippen LogP contribution in [0.1, 0.15) is 13.3 Å². The van der Waals surface area contributed by atoms with E-state index < -0.39 is 0 Å². The predicted octanol–water partition coefficient (Wildman–Crippen LogP) is 2.42. The average molecular weight is 220 g/mol. The molecule has 1 aromatic carbocycles. The maximum atomic E-state index is 8.89. The lowest BCUT2D eigenvalue weighted by molar-refractivity contribution is 0.404. The highest BCUT2D eigenvalue weighted by Gasteiger charge is 2.09. The largest absolute Gasteiger partial charge is 0.497 e. The molecule has 0 saturated carbocycles. The van der Waals surface area contributed by atoms with Gasteiger partial charge in [0.15, 0.2) is 0 Å². The molecular formula is C12H16N2O2. The van der Waals surface area contributed by atoms with Gasteiger partial charge in [0.2, 0.25) is 0 Å². The summed E-state index contributed by atoms with van der Waals surface area (Å²) in [5, 5.41) is 12.0. The molecular weight excluding hydrogens is 204 g/mol. The first-order valence-electron chi connectivity index (χ1n) is 5.13. The van der Waals surface area contributed by atoms with Gasteiger partial charge in [-0.1, -0.05) is 6.92 Å². The van der Waals surface area contributed by atoms with E-state index in [-0.39, 0.29) is 6.04 Å². The van der Waals surface area contributed by atoms with Crippen LogP contribution in [0.3, 0.4) is 0 Å². The van der Waals surface area contributed by atoms with Gasteiger partial charge in [-0.2, -0.15) is 5.26 Å². The third kappa shape index (κ3) is 2.80. The second-order valence-corrected chi connectivity index (χ2v) is 3.30. The Labute approximate surface area is 95.8 Å². The van der Waals surface area contributed by atoms with Crippen molar-refractivity contribution in [3.8, 4) is 17.6 Å². The molecule has 0 spiro atoms. The highest BCUT2D eigenvalue weighted by molar-refractivity contribution is 5.60. The Kier molecular flexibility index (Phi) is 4.46. The number of nitriles is 1. The highest BCUT2D eigenvalue weighted by atomic mass is 16.5. The SMILES string of the molecule is CCC(C#N)Nc1cc(OC)ccc1OC. The summed E-state index contributed by atoms with van der Waals surface area (Å²) in [5.41, 5.74) is 0.773. The Morgan fingerprint density at radius 2 is 2.12 bits per heavy atom. The minimum atomic E-state index is -0.221. The Bertz CT molecular complexity index is 385. The van der Waals surface area contributed by atoms with Crippen LogP contribution in [0, 0.1) is 11.3 Å². The van der Waals surface area contributed by atoms with Crippen molar-refractivity contribution in [2.75, 3.05) is 19.5 Å². The molecule has 0 saturated heterocycles. The molecule has 0 aliphatic carbocycles. The normalized spacial score (nSPS) is 11.4. The van der Waals surface area contributed by atoms with Crippen molar-refractivity contribution in [1.29, 1.82) is 5.26 Å². The Hall–Kier alpha value is -1.89. The van der Waals surface area contributed by atoms with E-state index in [9.17, 15) is 0 Å². The van der Waals surface area contributed by atoms with Crippen LogP contribution in [0.25, 0.3) is 0 Å². The lowest BCUT2D eigenvalue weighted by atomic mass is 10.2. The molecule has 1 aromatic rings. The molecule has 16 heavy (non-hydrogen) atoms. The van der Waals surface area contributed by atoms with Gasteiger partial charge < -0.3 is 14.8 Å². The Morgan fingerprint density at radius 1 is 1.38 bits per heavy atom. The topological polar surface area (TPSA) is 54.3 Å². The molecule has 1 atom stereocenters. The van der Waals surface area contributed by atoms with Crippen LogP contribution in [-0.4, -0.2) is 20.3 Å². The van der Waals surface area contributed by atoms with Gasteiger partial charge in [0.1, 0.15) is 17.5 Å². The first-order valence-corrected chi connectivity index (χ1v) is 5.13. The number of nitrogens with zero attached hydrogens (tertiary/aromatic N) is 1. The standard InChI is InChI=1S/C12H16N2O2/c1-4-9(8-13)14-11-7-10(15-2)5-6-12(11)16-3/h5-7,9,14H,4H2,1-3H3. The number of rotatable bonds is 5. The molecule has 4 heteroatoms. The van der Waals surface area contributed by atoms with Crippen molar-refractivity contribution in [2.24, 2.45) is 0 Å². The van der Waals surface area contributed by atoms with Gasteiger partial charge >= 0.3 is 0 Å². The molecule has 1 N–H and O–H groups in total. The fourth-order valence-electron chi connectivity index (χ4n) is 1.34. The second-order valence-electron chi connectivity index (χ2n) is 3.30. The minimum Gasteiger partial charge on any atom is -0.497 e. The van der Waals surface area contributed by atoms with Crippen molar-refractivity contribution in [2.45, 2.75) is 19.4 Å². The summed E-state index contributed by atoms with van der Waals surface area (Å²) in [6.07, 6.45) is 0.733. The minimum absolute atomic E-state index is 0.221. The maximum absolute atomic E-state index is 8.89. The number of hydrogen-bond donors (Lipinski definition) is 1. The van der Waals surface area contributed by atoms with E-state index in [0.717, 1.165) is 17.9 Å². The number of anilines is 1. The maximum Gasteiger partial charge on any atom is 0.142 e. The molecule has 0 radical (unpaired) electrons. The van der Waals surface area contributed by atoms with Gasteiger partial charge in [0.05, 0.1) is 26.0 Å². The summed E-state index contributed by atoms with van der Waals surface area (Å²) >= 11 is 0. The van der Waals surface area contributed by atoms with Crippen LogP contribution in [0.15, 0.2) is 18.2 Å². The highest BCUT2D eigenvalue weighted by Crippen LogP contribution is 2.29. The molecule has 1 rings (SSSR count). The number of nitrogens with one attached hydrogen (secondary N) is 1. The molecule has 0 heterocycles. The van der Waals surface area contributed by atoms with E-state index in [2.05, 4.69) is 11.4 Å². The van der Waals surface area contributed by atoms with E-state index in [1.165, 1.54) is 0 Å². The zero-order valence-electron chi connectivity index (χ0n) is 9.78. The summed E-state index contributed by atoms with van der Waals surface area (Å²) in [5.74, 6) is 1.44. The smallest absolute Gasteiger partial charge is 0.142 e. The second kappa shape index (κ2) is 5.86. The van der Waals surface area contributed by atoms with Gasteiger partial charge in [-0.15, -0.1) is 0 Å². The zero-order chi connectivity index (χ0) is 12.0. The molecule has 0 amide bonds. The van der Waals surface area contributed by atoms with E-state index in [1.54, 1.807) is 14.2 Å². The predicted molar refractivity (Wildman–Crippen MR) is 62.9 cm³/mol. The fourth-order valence-corrected chi connectivity index (χ4v) is 1.34. The van der Waals surface area contributed by atoms with E-state index in [0.29, 0.717) is 5.75 Å². The van der Waals surface area contributed by atoms with Gasteiger partial charge in [-0.25, -0.2) is 0 Å². The van der Waals surface area contributed by atoms with Crippen molar-refractivity contribution < 1.29 is 9.47 Å². The number of methoxy groups -OCH3 is 2. The molecule has 4 nitrogen and oxygen atoms in total. The first kappa shape index (κ1) is 12.2. The monoisotopic (exact) mass is 220 g/mol. The van der Waals surface area contributed by atoms with Crippen LogP contribution in [0.4, 0.5) is 5.69 Å². The molecule has 0 aliphatic heterocycles. The molecule has 1 unspecified atom stereocenters. The molecule has 0 fully saturated rings. The summed E-state index contributed by atoms with van der Waals surface area (Å²) in [6.45, 7) is 1.95. The zero-order valence-corrected chi connectivity index (χ0v) is 9.78. The van der Waals surface area contributed by atoms with E-state index in [1.807, 2.05) is 25.1 Å². The quantitative estimate of drug-likeness (QED) is 0.828. The average Bonchev–Trinajstić information content (AvgIpc) is 2.35. The number of hydrogen-bond acceptors (Lipinski definition) is 4. The van der Waals surface area contributed by atoms with Gasteiger partial charge in [-0.3, -0.25) is 0 Å². The summed E-state index contributed by atoms with van der Waals surface area (Å²) in [4.78, 5) is 0. The van der Waals surface area contributed by atoms with Crippen LogP contribution in [0.5, 0.6) is 11.5 Å². The Morgan fingerprint density at radius 3 is 2.62 bits per heavy atom. The third-order valence-electron chi connectivity index (χ3n) is 2.30.